The highest BCUT2D eigenvalue weighted by atomic mass is 16.2. The van der Waals surface area contributed by atoms with Crippen molar-refractivity contribution < 1.29 is 4.79 Å². The molecular weight excluding hydrogens is 214 g/mol. The van der Waals surface area contributed by atoms with Crippen molar-refractivity contribution >= 4 is 5.91 Å². The van der Waals surface area contributed by atoms with E-state index in [0.29, 0.717) is 12.1 Å². The van der Waals surface area contributed by atoms with Gasteiger partial charge in [-0.1, -0.05) is 0 Å². The zero-order chi connectivity index (χ0) is 12.0. The molecule has 4 nitrogen and oxygen atoms in total. The molecule has 92 valence electrons. The summed E-state index contributed by atoms with van der Waals surface area (Å²) in [7, 11) is 1.92. The molecule has 0 radical (unpaired) electrons. The number of hydrogen-bond donors (Lipinski definition) is 1. The highest BCUT2D eigenvalue weighted by molar-refractivity contribution is 5.93. The molecule has 2 atom stereocenters. The molecular formula is C13H19N3O. The third kappa shape index (κ3) is 1.67. The molecule has 3 heterocycles. The number of aromatic nitrogens is 1. The predicted molar refractivity (Wildman–Crippen MR) is 65.6 cm³/mol. The van der Waals surface area contributed by atoms with Crippen molar-refractivity contribution in [2.75, 3.05) is 0 Å². The normalized spacial score (nSPS) is 31.9. The summed E-state index contributed by atoms with van der Waals surface area (Å²) in [6, 6.07) is 4.84. The van der Waals surface area contributed by atoms with Crippen LogP contribution in [0.15, 0.2) is 18.3 Å². The number of hydrogen-bond acceptors (Lipinski definition) is 2. The number of aryl methyl sites for hydroxylation is 1. The second-order valence-corrected chi connectivity index (χ2v) is 5.33. The summed E-state index contributed by atoms with van der Waals surface area (Å²) in [5.74, 6) is 0.178. The average molecular weight is 233 g/mol. The molecule has 1 aromatic rings. The Morgan fingerprint density at radius 2 is 2.00 bits per heavy atom. The Morgan fingerprint density at radius 3 is 2.53 bits per heavy atom. The molecule has 2 unspecified atom stereocenters. The van der Waals surface area contributed by atoms with Crippen LogP contribution in [0.25, 0.3) is 0 Å². The minimum absolute atomic E-state index is 0.178. The minimum atomic E-state index is 0.178. The second kappa shape index (κ2) is 3.88. The maximum atomic E-state index is 12.5. The van der Waals surface area contributed by atoms with E-state index in [0.717, 1.165) is 31.4 Å². The molecule has 0 spiro atoms. The first kappa shape index (κ1) is 10.8. The number of nitrogens with zero attached hydrogens (tertiary/aromatic N) is 2. The van der Waals surface area contributed by atoms with E-state index in [1.54, 1.807) is 0 Å². The van der Waals surface area contributed by atoms with E-state index in [1.165, 1.54) is 0 Å². The third-order valence-electron chi connectivity index (χ3n) is 4.17. The van der Waals surface area contributed by atoms with E-state index in [9.17, 15) is 4.79 Å². The lowest BCUT2D eigenvalue weighted by atomic mass is 9.98. The Labute approximate surface area is 101 Å². The molecule has 1 amide bonds. The monoisotopic (exact) mass is 233 g/mol. The number of fused-ring (bicyclic) bond motifs is 2. The molecule has 0 aliphatic carbocycles. The van der Waals surface area contributed by atoms with Crippen molar-refractivity contribution in [2.45, 2.75) is 43.8 Å². The summed E-state index contributed by atoms with van der Waals surface area (Å²) in [6.07, 6.45) is 6.09. The molecule has 0 saturated carbocycles. The molecule has 4 heteroatoms. The van der Waals surface area contributed by atoms with Gasteiger partial charge in [0.15, 0.2) is 0 Å². The number of amides is 1. The van der Waals surface area contributed by atoms with Crippen LogP contribution in [0.3, 0.4) is 0 Å². The first-order valence-electron chi connectivity index (χ1n) is 6.36. The number of carbonyl (C=O) groups excluding carboxylic acids is 1. The number of rotatable bonds is 1. The Morgan fingerprint density at radius 1 is 1.35 bits per heavy atom. The van der Waals surface area contributed by atoms with Crippen LogP contribution in [0.1, 0.15) is 36.2 Å². The van der Waals surface area contributed by atoms with Gasteiger partial charge in [0.2, 0.25) is 0 Å². The van der Waals surface area contributed by atoms with Crippen LogP contribution < -0.4 is 5.73 Å². The largest absolute Gasteiger partial charge is 0.347 e. The Kier molecular flexibility index (Phi) is 2.47. The molecule has 2 N–H and O–H groups in total. The molecule has 2 saturated heterocycles. The molecule has 2 aliphatic heterocycles. The lowest BCUT2D eigenvalue weighted by Crippen LogP contribution is -2.50. The van der Waals surface area contributed by atoms with Gasteiger partial charge in [-0.3, -0.25) is 4.79 Å². The maximum absolute atomic E-state index is 12.5. The van der Waals surface area contributed by atoms with Gasteiger partial charge in [0, 0.05) is 31.4 Å². The van der Waals surface area contributed by atoms with Gasteiger partial charge in [0.25, 0.3) is 5.91 Å². The van der Waals surface area contributed by atoms with Gasteiger partial charge in [0.1, 0.15) is 5.69 Å². The number of nitrogens with two attached hydrogens (primary N) is 1. The van der Waals surface area contributed by atoms with E-state index in [2.05, 4.69) is 4.90 Å². The lowest BCUT2D eigenvalue weighted by molar-refractivity contribution is 0.0565. The molecule has 17 heavy (non-hydrogen) atoms. The van der Waals surface area contributed by atoms with Gasteiger partial charge in [-0.05, 0) is 37.8 Å². The van der Waals surface area contributed by atoms with Crippen LogP contribution in [0.2, 0.25) is 0 Å². The maximum Gasteiger partial charge on any atom is 0.270 e. The molecule has 2 fully saturated rings. The summed E-state index contributed by atoms with van der Waals surface area (Å²) in [4.78, 5) is 14.6. The third-order valence-corrected chi connectivity index (χ3v) is 4.17. The van der Waals surface area contributed by atoms with Gasteiger partial charge in [-0.25, -0.2) is 0 Å². The van der Waals surface area contributed by atoms with Crippen LogP contribution >= 0.6 is 0 Å². The van der Waals surface area contributed by atoms with Crippen molar-refractivity contribution in [2.24, 2.45) is 12.8 Å². The summed E-state index contributed by atoms with van der Waals surface area (Å²) in [5.41, 5.74) is 6.81. The smallest absolute Gasteiger partial charge is 0.270 e. The van der Waals surface area contributed by atoms with E-state index in [-0.39, 0.29) is 11.9 Å². The second-order valence-electron chi connectivity index (χ2n) is 5.33. The fourth-order valence-corrected chi connectivity index (χ4v) is 3.37. The first-order chi connectivity index (χ1) is 8.16. The van der Waals surface area contributed by atoms with Crippen molar-refractivity contribution in [1.29, 1.82) is 0 Å². The van der Waals surface area contributed by atoms with E-state index >= 15 is 0 Å². The topological polar surface area (TPSA) is 51.3 Å². The van der Waals surface area contributed by atoms with Crippen LogP contribution in [0, 0.1) is 0 Å². The lowest BCUT2D eigenvalue weighted by Gasteiger charge is -2.37. The number of carbonyl (C=O) groups is 1. The molecule has 1 aromatic heterocycles. The SMILES string of the molecule is Cn1cccc1C(=O)N1C2CCC1CC(N)C2. The van der Waals surface area contributed by atoms with E-state index in [4.69, 9.17) is 5.73 Å². The highest BCUT2D eigenvalue weighted by Crippen LogP contribution is 2.36. The van der Waals surface area contributed by atoms with Gasteiger partial charge in [0.05, 0.1) is 0 Å². The van der Waals surface area contributed by atoms with Crippen molar-refractivity contribution in [3.63, 3.8) is 0 Å². The fraction of sp³-hybridized carbons (Fsp3) is 0.615. The Balaban J connectivity index is 1.86. The number of piperidine rings is 1. The summed E-state index contributed by atoms with van der Waals surface area (Å²) in [6.45, 7) is 0. The van der Waals surface area contributed by atoms with E-state index < -0.39 is 0 Å². The van der Waals surface area contributed by atoms with Crippen molar-refractivity contribution in [1.82, 2.24) is 9.47 Å². The van der Waals surface area contributed by atoms with Crippen LogP contribution in [0.5, 0.6) is 0 Å². The minimum Gasteiger partial charge on any atom is -0.347 e. The summed E-state index contributed by atoms with van der Waals surface area (Å²) >= 11 is 0. The van der Waals surface area contributed by atoms with Crippen molar-refractivity contribution in [3.8, 4) is 0 Å². The first-order valence-corrected chi connectivity index (χ1v) is 6.36. The standard InChI is InChI=1S/C13H19N3O/c1-15-6-2-3-12(15)13(17)16-10-4-5-11(16)8-9(14)7-10/h2-3,6,9-11H,4-5,7-8,14H2,1H3. The van der Waals surface area contributed by atoms with E-state index in [1.807, 2.05) is 29.9 Å². The van der Waals surface area contributed by atoms with Gasteiger partial charge >= 0.3 is 0 Å². The van der Waals surface area contributed by atoms with Crippen LogP contribution in [-0.4, -0.2) is 33.5 Å². The summed E-state index contributed by atoms with van der Waals surface area (Å²) < 4.78 is 1.90. The van der Waals surface area contributed by atoms with Crippen LogP contribution in [0.4, 0.5) is 0 Å². The fourth-order valence-electron chi connectivity index (χ4n) is 3.37. The van der Waals surface area contributed by atoms with Crippen molar-refractivity contribution in [3.05, 3.63) is 24.0 Å². The highest BCUT2D eigenvalue weighted by Gasteiger charge is 2.42. The zero-order valence-corrected chi connectivity index (χ0v) is 10.2. The predicted octanol–water partition coefficient (Wildman–Crippen LogP) is 1.12. The summed E-state index contributed by atoms with van der Waals surface area (Å²) in [5, 5.41) is 0. The molecule has 2 aliphatic rings. The van der Waals surface area contributed by atoms with Gasteiger partial charge in [-0.15, -0.1) is 0 Å². The average Bonchev–Trinajstić information content (AvgIpc) is 2.81. The Bertz CT molecular complexity index is 426. The van der Waals surface area contributed by atoms with Gasteiger partial charge < -0.3 is 15.2 Å². The Hall–Kier alpha value is -1.29. The van der Waals surface area contributed by atoms with Gasteiger partial charge in [-0.2, -0.15) is 0 Å². The zero-order valence-electron chi connectivity index (χ0n) is 10.2. The molecule has 2 bridgehead atoms. The molecule has 3 rings (SSSR count). The molecule has 0 aromatic carbocycles. The quantitative estimate of drug-likeness (QED) is 0.790. The van der Waals surface area contributed by atoms with Crippen LogP contribution in [-0.2, 0) is 7.05 Å².